The maximum Gasteiger partial charge on any atom is 0.236 e. The second-order valence-corrected chi connectivity index (χ2v) is 6.14. The van der Waals surface area contributed by atoms with E-state index in [1.165, 1.54) is 0 Å². The summed E-state index contributed by atoms with van der Waals surface area (Å²) in [7, 11) is -1.08. The van der Waals surface area contributed by atoms with Crippen molar-refractivity contribution in [2.75, 3.05) is 22.6 Å². The molecule has 106 valence electrons. The molecule has 0 aliphatic carbocycles. The lowest BCUT2D eigenvalue weighted by Crippen LogP contribution is -2.21. The number of benzene rings is 1. The number of hydrogen-bond donors (Lipinski definition) is 2. The van der Waals surface area contributed by atoms with Crippen LogP contribution < -0.4 is 11.1 Å². The summed E-state index contributed by atoms with van der Waals surface area (Å²) >= 11 is 0. The summed E-state index contributed by atoms with van der Waals surface area (Å²) in [5.74, 6) is 0.429. The van der Waals surface area contributed by atoms with E-state index in [0.717, 1.165) is 24.8 Å². The lowest BCUT2D eigenvalue weighted by Gasteiger charge is -2.10. The van der Waals surface area contributed by atoms with Gasteiger partial charge in [-0.2, -0.15) is 0 Å². The molecular weight excluding hydrogens is 260 g/mol. The van der Waals surface area contributed by atoms with Crippen molar-refractivity contribution >= 4 is 28.1 Å². The summed E-state index contributed by atoms with van der Waals surface area (Å²) in [5.41, 5.74) is 7.94. The lowest BCUT2D eigenvalue weighted by molar-refractivity contribution is -0.113. The van der Waals surface area contributed by atoms with Crippen molar-refractivity contribution in [3.05, 3.63) is 23.8 Å². The fourth-order valence-electron chi connectivity index (χ4n) is 1.71. The van der Waals surface area contributed by atoms with Gasteiger partial charge in [-0.1, -0.05) is 25.8 Å². The highest BCUT2D eigenvalue weighted by molar-refractivity contribution is 7.85. The van der Waals surface area contributed by atoms with E-state index in [1.54, 1.807) is 18.2 Å². The largest absolute Gasteiger partial charge is 0.398 e. The molecule has 5 heteroatoms. The molecule has 0 bridgehead atoms. The van der Waals surface area contributed by atoms with E-state index in [0.29, 0.717) is 17.1 Å². The molecule has 1 rings (SSSR count). The van der Waals surface area contributed by atoms with Gasteiger partial charge in [0.15, 0.2) is 0 Å². The molecule has 1 aromatic carbocycles. The van der Waals surface area contributed by atoms with Gasteiger partial charge in [-0.3, -0.25) is 9.00 Å². The number of hydrogen-bond acceptors (Lipinski definition) is 3. The molecule has 19 heavy (non-hydrogen) atoms. The van der Waals surface area contributed by atoms with E-state index >= 15 is 0 Å². The van der Waals surface area contributed by atoms with Crippen LogP contribution in [0.1, 0.15) is 31.7 Å². The monoisotopic (exact) mass is 282 g/mol. The quantitative estimate of drug-likeness (QED) is 0.596. The van der Waals surface area contributed by atoms with Crippen LogP contribution in [0.25, 0.3) is 0 Å². The predicted molar refractivity (Wildman–Crippen MR) is 81.6 cm³/mol. The van der Waals surface area contributed by atoms with Gasteiger partial charge in [0.1, 0.15) is 5.75 Å². The molecule has 0 radical (unpaired) electrons. The summed E-state index contributed by atoms with van der Waals surface area (Å²) in [6, 6.07) is 5.37. The zero-order valence-corrected chi connectivity index (χ0v) is 12.4. The molecular formula is C14H22N2O2S. The Morgan fingerprint density at radius 2 is 2.11 bits per heavy atom. The zero-order chi connectivity index (χ0) is 14.3. The minimum absolute atomic E-state index is 0.0535. The average Bonchev–Trinajstić information content (AvgIpc) is 2.35. The van der Waals surface area contributed by atoms with Crippen molar-refractivity contribution in [3.8, 4) is 0 Å². The molecule has 1 atom stereocenters. The van der Waals surface area contributed by atoms with Gasteiger partial charge in [0, 0.05) is 27.9 Å². The number of carbonyl (C=O) groups excluding carboxylic acids is 1. The molecule has 1 amide bonds. The third-order valence-electron chi connectivity index (χ3n) is 2.92. The molecule has 0 aliphatic heterocycles. The van der Waals surface area contributed by atoms with Crippen molar-refractivity contribution in [1.29, 1.82) is 0 Å². The number of unbranched alkanes of at least 4 members (excludes halogenated alkanes) is 2. The molecule has 0 aliphatic rings. The Morgan fingerprint density at radius 1 is 1.37 bits per heavy atom. The number of carbonyl (C=O) groups is 1. The summed E-state index contributed by atoms with van der Waals surface area (Å²) in [5, 5.41) is 2.76. The van der Waals surface area contributed by atoms with E-state index in [1.807, 2.05) is 6.92 Å². The Balaban J connectivity index is 2.47. The summed E-state index contributed by atoms with van der Waals surface area (Å²) in [4.78, 5) is 11.8. The van der Waals surface area contributed by atoms with Gasteiger partial charge in [0.2, 0.25) is 5.91 Å². The highest BCUT2D eigenvalue weighted by atomic mass is 32.2. The molecule has 4 nitrogen and oxygen atoms in total. The second-order valence-electron chi connectivity index (χ2n) is 4.56. The first-order valence-corrected chi connectivity index (χ1v) is 8.03. The molecule has 0 saturated carbocycles. The first-order valence-electron chi connectivity index (χ1n) is 6.54. The van der Waals surface area contributed by atoms with Gasteiger partial charge in [-0.15, -0.1) is 0 Å². The van der Waals surface area contributed by atoms with Crippen LogP contribution in [0.5, 0.6) is 0 Å². The van der Waals surface area contributed by atoms with E-state index in [9.17, 15) is 9.00 Å². The Kier molecular flexibility index (Phi) is 6.56. The summed E-state index contributed by atoms with van der Waals surface area (Å²) < 4.78 is 11.7. The van der Waals surface area contributed by atoms with Gasteiger partial charge in [-0.05, 0) is 31.0 Å². The Bertz CT molecular complexity index is 461. The molecule has 0 spiro atoms. The van der Waals surface area contributed by atoms with Gasteiger partial charge in [-0.25, -0.2) is 0 Å². The number of rotatable bonds is 7. The number of amides is 1. The maximum atomic E-state index is 11.8. The van der Waals surface area contributed by atoms with Crippen LogP contribution in [0, 0.1) is 6.92 Å². The topological polar surface area (TPSA) is 72.2 Å². The van der Waals surface area contributed by atoms with Crippen LogP contribution in [-0.2, 0) is 15.6 Å². The molecule has 0 saturated heterocycles. The zero-order valence-electron chi connectivity index (χ0n) is 11.6. The fraction of sp³-hybridized carbons (Fsp3) is 0.500. The minimum Gasteiger partial charge on any atom is -0.398 e. The molecule has 3 N–H and O–H groups in total. The molecule has 1 unspecified atom stereocenters. The number of nitrogen functional groups attached to an aromatic ring is 1. The standard InChI is InChI=1S/C14H22N2O2S/c1-3-4-5-9-19(18)10-14(17)16-13-8-6-7-12(15)11(13)2/h6-8H,3-5,9-10,15H2,1-2H3,(H,16,17). The van der Waals surface area contributed by atoms with Gasteiger partial charge in [0.25, 0.3) is 0 Å². The SMILES string of the molecule is CCCCCS(=O)CC(=O)Nc1cccc(N)c1C. The van der Waals surface area contributed by atoms with Gasteiger partial charge >= 0.3 is 0 Å². The molecule has 0 fully saturated rings. The lowest BCUT2D eigenvalue weighted by atomic mass is 10.1. The van der Waals surface area contributed by atoms with E-state index in [2.05, 4.69) is 12.2 Å². The van der Waals surface area contributed by atoms with E-state index in [-0.39, 0.29) is 11.7 Å². The van der Waals surface area contributed by atoms with Crippen molar-refractivity contribution in [1.82, 2.24) is 0 Å². The third kappa shape index (κ3) is 5.42. The van der Waals surface area contributed by atoms with Gasteiger partial charge < -0.3 is 11.1 Å². The van der Waals surface area contributed by atoms with Crippen molar-refractivity contribution < 1.29 is 9.00 Å². The van der Waals surface area contributed by atoms with Crippen LogP contribution in [0.2, 0.25) is 0 Å². The first kappa shape index (κ1) is 15.7. The van der Waals surface area contributed by atoms with Crippen LogP contribution in [0.15, 0.2) is 18.2 Å². The predicted octanol–water partition coefficient (Wildman–Crippen LogP) is 2.45. The smallest absolute Gasteiger partial charge is 0.236 e. The Hall–Kier alpha value is -1.36. The molecule has 0 aromatic heterocycles. The van der Waals surface area contributed by atoms with Crippen molar-refractivity contribution in [2.45, 2.75) is 33.1 Å². The van der Waals surface area contributed by atoms with Gasteiger partial charge in [0.05, 0.1) is 0 Å². The van der Waals surface area contributed by atoms with Crippen LogP contribution in [0.4, 0.5) is 11.4 Å². The number of anilines is 2. The number of nitrogens with one attached hydrogen (secondary N) is 1. The number of nitrogens with two attached hydrogens (primary N) is 1. The van der Waals surface area contributed by atoms with Crippen LogP contribution in [-0.4, -0.2) is 21.6 Å². The van der Waals surface area contributed by atoms with Crippen molar-refractivity contribution in [3.63, 3.8) is 0 Å². The Morgan fingerprint density at radius 3 is 2.79 bits per heavy atom. The first-order chi connectivity index (χ1) is 9.04. The van der Waals surface area contributed by atoms with E-state index in [4.69, 9.17) is 5.73 Å². The third-order valence-corrected chi connectivity index (χ3v) is 4.25. The second kappa shape index (κ2) is 7.94. The highest BCUT2D eigenvalue weighted by Crippen LogP contribution is 2.20. The van der Waals surface area contributed by atoms with E-state index < -0.39 is 10.8 Å². The Labute approximate surface area is 117 Å². The normalized spacial score (nSPS) is 12.1. The molecule has 1 aromatic rings. The fourth-order valence-corrected chi connectivity index (χ4v) is 2.74. The maximum absolute atomic E-state index is 11.8. The summed E-state index contributed by atoms with van der Waals surface area (Å²) in [6.45, 7) is 3.95. The molecule has 0 heterocycles. The average molecular weight is 282 g/mol. The van der Waals surface area contributed by atoms with Crippen LogP contribution in [0.3, 0.4) is 0 Å². The van der Waals surface area contributed by atoms with Crippen LogP contribution >= 0.6 is 0 Å². The highest BCUT2D eigenvalue weighted by Gasteiger charge is 2.10. The van der Waals surface area contributed by atoms with Crippen molar-refractivity contribution in [2.24, 2.45) is 0 Å². The minimum atomic E-state index is -1.08. The summed E-state index contributed by atoms with van der Waals surface area (Å²) in [6.07, 6.45) is 3.06.